The quantitative estimate of drug-likeness (QED) is 0.206. The Kier molecular flexibility index (Phi) is 5.88. The van der Waals surface area contributed by atoms with E-state index in [1.807, 2.05) is 66.7 Å². The molecular weight excluding hydrogens is 562 g/mol. The molecule has 0 saturated heterocycles. The van der Waals surface area contributed by atoms with E-state index in [1.165, 1.54) is 0 Å². The smallest absolute Gasteiger partial charge is 0.136 e. The predicted octanol–water partition coefficient (Wildman–Crippen LogP) is 12.0. The largest absolute Gasteiger partial charge is 0.456 e. The lowest BCUT2D eigenvalue weighted by atomic mass is 9.90. The normalized spacial score (nSPS) is 11.5. The SMILES string of the molecule is N#Cc1cc(-c2ccccc2)cc(-c2cc(-c3ccc4c(c3)oc3ccccc34)cc(-c3ccc4oc5ccccc5c4c3)c2)c1. The zero-order valence-electron chi connectivity index (χ0n) is 24.7. The first-order valence-electron chi connectivity index (χ1n) is 15.3. The van der Waals surface area contributed by atoms with Gasteiger partial charge in [-0.2, -0.15) is 5.26 Å². The van der Waals surface area contributed by atoms with Gasteiger partial charge in [-0.15, -0.1) is 0 Å². The van der Waals surface area contributed by atoms with E-state index in [0.29, 0.717) is 5.56 Å². The van der Waals surface area contributed by atoms with Crippen LogP contribution in [0.5, 0.6) is 0 Å². The van der Waals surface area contributed by atoms with Gasteiger partial charge in [-0.25, -0.2) is 0 Å². The van der Waals surface area contributed by atoms with E-state index in [1.54, 1.807) is 0 Å². The van der Waals surface area contributed by atoms with E-state index in [0.717, 1.165) is 88.4 Å². The summed E-state index contributed by atoms with van der Waals surface area (Å²) in [5.74, 6) is 0. The molecule has 0 aliphatic heterocycles. The van der Waals surface area contributed by atoms with Crippen LogP contribution in [0, 0.1) is 11.3 Å². The Labute approximate surface area is 265 Å². The maximum absolute atomic E-state index is 10.0. The first-order chi connectivity index (χ1) is 22.7. The molecule has 0 spiro atoms. The van der Waals surface area contributed by atoms with Crippen LogP contribution in [0.4, 0.5) is 0 Å². The fourth-order valence-corrected chi connectivity index (χ4v) is 6.59. The summed E-state index contributed by atoms with van der Waals surface area (Å²) < 4.78 is 12.4. The first-order valence-corrected chi connectivity index (χ1v) is 15.3. The molecule has 3 nitrogen and oxygen atoms in total. The van der Waals surface area contributed by atoms with Crippen LogP contribution in [0.25, 0.3) is 88.4 Å². The van der Waals surface area contributed by atoms with Gasteiger partial charge < -0.3 is 8.83 Å². The third-order valence-electron chi connectivity index (χ3n) is 8.86. The highest BCUT2D eigenvalue weighted by atomic mass is 16.3. The molecule has 9 aromatic rings. The van der Waals surface area contributed by atoms with E-state index < -0.39 is 0 Å². The lowest BCUT2D eigenvalue weighted by Gasteiger charge is -2.13. The molecule has 7 aromatic carbocycles. The highest BCUT2D eigenvalue weighted by Crippen LogP contribution is 2.39. The summed E-state index contributed by atoms with van der Waals surface area (Å²) in [6, 6.07) is 54.5. The Balaban J connectivity index is 1.27. The van der Waals surface area contributed by atoms with Crippen molar-refractivity contribution in [2.75, 3.05) is 0 Å². The molecule has 2 aromatic heterocycles. The van der Waals surface area contributed by atoms with E-state index in [4.69, 9.17) is 8.83 Å². The van der Waals surface area contributed by atoms with Crippen molar-refractivity contribution in [2.45, 2.75) is 0 Å². The zero-order chi connectivity index (χ0) is 30.6. The number of nitrogens with zero attached hydrogens (tertiary/aromatic N) is 1. The minimum Gasteiger partial charge on any atom is -0.456 e. The molecule has 0 radical (unpaired) electrons. The van der Waals surface area contributed by atoms with Crippen LogP contribution in [0.1, 0.15) is 5.56 Å². The maximum Gasteiger partial charge on any atom is 0.136 e. The Morgan fingerprint density at radius 1 is 0.326 bits per heavy atom. The van der Waals surface area contributed by atoms with Crippen molar-refractivity contribution in [2.24, 2.45) is 0 Å². The predicted molar refractivity (Wildman–Crippen MR) is 187 cm³/mol. The fourth-order valence-electron chi connectivity index (χ4n) is 6.59. The van der Waals surface area contributed by atoms with Crippen LogP contribution in [0.15, 0.2) is 160 Å². The second-order valence-electron chi connectivity index (χ2n) is 11.7. The van der Waals surface area contributed by atoms with Gasteiger partial charge in [0, 0.05) is 21.5 Å². The molecule has 0 fully saturated rings. The summed E-state index contributed by atoms with van der Waals surface area (Å²) in [4.78, 5) is 0. The number of para-hydroxylation sites is 2. The molecule has 214 valence electrons. The van der Waals surface area contributed by atoms with E-state index >= 15 is 0 Å². The molecule has 2 heterocycles. The van der Waals surface area contributed by atoms with Crippen LogP contribution in [0.2, 0.25) is 0 Å². The van der Waals surface area contributed by atoms with Gasteiger partial charge in [-0.05, 0) is 117 Å². The van der Waals surface area contributed by atoms with E-state index in [2.05, 4.69) is 91.0 Å². The minimum atomic E-state index is 0.623. The molecule has 0 aliphatic rings. The zero-order valence-corrected chi connectivity index (χ0v) is 24.7. The van der Waals surface area contributed by atoms with Crippen molar-refractivity contribution in [1.82, 2.24) is 0 Å². The van der Waals surface area contributed by atoms with Crippen molar-refractivity contribution in [3.8, 4) is 50.6 Å². The van der Waals surface area contributed by atoms with Crippen molar-refractivity contribution in [3.05, 3.63) is 157 Å². The standard InChI is InChI=1S/C43H25NO2/c44-26-27-18-31(28-8-2-1-3-9-28)20-32(19-27)35-22-33(29-15-17-42-39(24-29)37-11-5-7-13-41(37)45-42)21-34(23-35)30-14-16-38-36-10-4-6-12-40(36)46-43(38)25-30/h1-25H. The third-order valence-corrected chi connectivity index (χ3v) is 8.86. The summed E-state index contributed by atoms with van der Waals surface area (Å²) in [6.07, 6.45) is 0. The number of rotatable bonds is 4. The van der Waals surface area contributed by atoms with Gasteiger partial charge in [0.25, 0.3) is 0 Å². The molecule has 3 heteroatoms. The highest BCUT2D eigenvalue weighted by Gasteiger charge is 2.14. The lowest BCUT2D eigenvalue weighted by Crippen LogP contribution is -1.89. The van der Waals surface area contributed by atoms with Crippen LogP contribution < -0.4 is 0 Å². The molecular formula is C43H25NO2. The number of fused-ring (bicyclic) bond motifs is 6. The molecule has 46 heavy (non-hydrogen) atoms. The molecule has 0 N–H and O–H groups in total. The molecule has 0 amide bonds. The average molecular weight is 588 g/mol. The van der Waals surface area contributed by atoms with Gasteiger partial charge in [-0.1, -0.05) is 78.9 Å². The monoisotopic (exact) mass is 587 g/mol. The summed E-state index contributed by atoms with van der Waals surface area (Å²) in [5, 5.41) is 14.4. The van der Waals surface area contributed by atoms with Gasteiger partial charge in [-0.3, -0.25) is 0 Å². The molecule has 0 atom stereocenters. The van der Waals surface area contributed by atoms with Gasteiger partial charge in [0.15, 0.2) is 0 Å². The van der Waals surface area contributed by atoms with E-state index in [-0.39, 0.29) is 0 Å². The van der Waals surface area contributed by atoms with Gasteiger partial charge in [0.05, 0.1) is 11.6 Å². The summed E-state index contributed by atoms with van der Waals surface area (Å²) in [6.45, 7) is 0. The Morgan fingerprint density at radius 3 is 1.50 bits per heavy atom. The maximum atomic E-state index is 10.0. The lowest BCUT2D eigenvalue weighted by molar-refractivity contribution is 0.668. The molecule has 0 aliphatic carbocycles. The van der Waals surface area contributed by atoms with Crippen molar-refractivity contribution in [1.29, 1.82) is 5.26 Å². The number of hydrogen-bond acceptors (Lipinski definition) is 3. The molecule has 0 unspecified atom stereocenters. The minimum absolute atomic E-state index is 0.623. The van der Waals surface area contributed by atoms with Crippen LogP contribution >= 0.6 is 0 Å². The Morgan fingerprint density at radius 2 is 0.804 bits per heavy atom. The van der Waals surface area contributed by atoms with Gasteiger partial charge in [0.2, 0.25) is 0 Å². The first kappa shape index (κ1) is 26.1. The third kappa shape index (κ3) is 4.36. The number of furan rings is 2. The Bertz CT molecular complexity index is 2650. The topological polar surface area (TPSA) is 50.1 Å². The summed E-state index contributed by atoms with van der Waals surface area (Å²) >= 11 is 0. The summed E-state index contributed by atoms with van der Waals surface area (Å²) in [5.41, 5.74) is 12.5. The van der Waals surface area contributed by atoms with Crippen molar-refractivity contribution < 1.29 is 8.83 Å². The van der Waals surface area contributed by atoms with Crippen LogP contribution in [-0.2, 0) is 0 Å². The van der Waals surface area contributed by atoms with Gasteiger partial charge >= 0.3 is 0 Å². The Hall–Kier alpha value is -6.37. The molecule has 9 rings (SSSR count). The summed E-state index contributed by atoms with van der Waals surface area (Å²) in [7, 11) is 0. The molecule has 0 saturated carbocycles. The second kappa shape index (κ2) is 10.4. The van der Waals surface area contributed by atoms with Crippen molar-refractivity contribution >= 4 is 43.9 Å². The number of nitriles is 1. The molecule has 0 bridgehead atoms. The van der Waals surface area contributed by atoms with E-state index in [9.17, 15) is 5.26 Å². The van der Waals surface area contributed by atoms with Crippen LogP contribution in [-0.4, -0.2) is 0 Å². The van der Waals surface area contributed by atoms with Crippen molar-refractivity contribution in [3.63, 3.8) is 0 Å². The van der Waals surface area contributed by atoms with Gasteiger partial charge in [0.1, 0.15) is 22.3 Å². The number of hydrogen-bond donors (Lipinski definition) is 0. The van der Waals surface area contributed by atoms with Crippen LogP contribution in [0.3, 0.4) is 0 Å². The second-order valence-corrected chi connectivity index (χ2v) is 11.7. The number of benzene rings is 7. The highest BCUT2D eigenvalue weighted by molar-refractivity contribution is 6.07. The fraction of sp³-hybridized carbons (Fsp3) is 0. The average Bonchev–Trinajstić information content (AvgIpc) is 3.69.